The molecular formula is C18H23N3O6. The standard InChI is InChI=1S/C18H23N3O6/c22-17-15-6-5-14(26-12-10-19-7-1-2-8-19)13-16(15)18(23)20(17)9-3-4-11-27-21(24)25/h5-6,13H,1-4,7-12H2. The molecule has 0 unspecified atom stereocenters. The molecule has 1 fully saturated rings. The van der Waals surface area contributed by atoms with Crippen LogP contribution >= 0.6 is 0 Å². The molecule has 0 aromatic heterocycles. The van der Waals surface area contributed by atoms with Gasteiger partial charge in [-0.1, -0.05) is 0 Å². The largest absolute Gasteiger partial charge is 0.492 e. The quantitative estimate of drug-likeness (QED) is 0.265. The molecule has 3 rings (SSSR count). The number of hydrogen-bond acceptors (Lipinski definition) is 7. The van der Waals surface area contributed by atoms with Crippen molar-refractivity contribution in [2.24, 2.45) is 0 Å². The van der Waals surface area contributed by atoms with E-state index in [-0.39, 0.29) is 25.0 Å². The van der Waals surface area contributed by atoms with Gasteiger partial charge in [-0.2, -0.15) is 0 Å². The number of hydrogen-bond donors (Lipinski definition) is 0. The molecule has 1 aromatic carbocycles. The Hall–Kier alpha value is -2.68. The van der Waals surface area contributed by atoms with Gasteiger partial charge in [-0.15, -0.1) is 10.1 Å². The molecule has 2 heterocycles. The number of rotatable bonds is 10. The van der Waals surface area contributed by atoms with Gasteiger partial charge < -0.3 is 9.57 Å². The lowest BCUT2D eigenvalue weighted by Gasteiger charge is -2.15. The van der Waals surface area contributed by atoms with Gasteiger partial charge in [0.15, 0.2) is 0 Å². The molecular weight excluding hydrogens is 354 g/mol. The first-order valence-corrected chi connectivity index (χ1v) is 9.19. The summed E-state index contributed by atoms with van der Waals surface area (Å²) >= 11 is 0. The van der Waals surface area contributed by atoms with E-state index in [9.17, 15) is 19.7 Å². The molecule has 1 aromatic rings. The first-order chi connectivity index (χ1) is 13.1. The van der Waals surface area contributed by atoms with Crippen LogP contribution in [0.5, 0.6) is 5.75 Å². The minimum Gasteiger partial charge on any atom is -0.492 e. The predicted octanol–water partition coefficient (Wildman–Crippen LogP) is 1.75. The Balaban J connectivity index is 1.51. The van der Waals surface area contributed by atoms with Crippen LogP contribution in [0.15, 0.2) is 18.2 Å². The van der Waals surface area contributed by atoms with Gasteiger partial charge in [0.05, 0.1) is 17.7 Å². The highest BCUT2D eigenvalue weighted by atomic mass is 16.9. The third-order valence-corrected chi connectivity index (χ3v) is 4.79. The average molecular weight is 377 g/mol. The summed E-state index contributed by atoms with van der Waals surface area (Å²) in [5, 5.41) is 9.25. The molecule has 27 heavy (non-hydrogen) atoms. The van der Waals surface area contributed by atoms with Crippen molar-refractivity contribution >= 4 is 11.8 Å². The van der Waals surface area contributed by atoms with Gasteiger partial charge >= 0.3 is 0 Å². The van der Waals surface area contributed by atoms with Crippen LogP contribution in [0.4, 0.5) is 0 Å². The van der Waals surface area contributed by atoms with Crippen LogP contribution in [0.25, 0.3) is 0 Å². The van der Waals surface area contributed by atoms with E-state index in [1.807, 2.05) is 0 Å². The van der Waals surface area contributed by atoms with Crippen molar-refractivity contribution < 1.29 is 24.3 Å². The van der Waals surface area contributed by atoms with Gasteiger partial charge in [0.1, 0.15) is 12.4 Å². The van der Waals surface area contributed by atoms with Crippen LogP contribution in [0.1, 0.15) is 46.4 Å². The Morgan fingerprint density at radius 2 is 1.74 bits per heavy atom. The second kappa shape index (κ2) is 8.81. The zero-order valence-corrected chi connectivity index (χ0v) is 15.1. The lowest BCUT2D eigenvalue weighted by atomic mass is 10.1. The average Bonchev–Trinajstić information content (AvgIpc) is 3.24. The number of benzene rings is 1. The summed E-state index contributed by atoms with van der Waals surface area (Å²) in [6.45, 7) is 3.75. The second-order valence-corrected chi connectivity index (χ2v) is 6.63. The summed E-state index contributed by atoms with van der Waals surface area (Å²) in [6.07, 6.45) is 3.28. The van der Waals surface area contributed by atoms with Crippen molar-refractivity contribution in [3.8, 4) is 5.75 Å². The monoisotopic (exact) mass is 377 g/mol. The van der Waals surface area contributed by atoms with E-state index in [1.54, 1.807) is 18.2 Å². The molecule has 0 aliphatic carbocycles. The molecule has 0 spiro atoms. The van der Waals surface area contributed by atoms with E-state index < -0.39 is 5.09 Å². The minimum absolute atomic E-state index is 0.0504. The van der Waals surface area contributed by atoms with Crippen LogP contribution in [-0.4, -0.2) is 66.1 Å². The summed E-state index contributed by atoms with van der Waals surface area (Å²) in [5.41, 5.74) is 0.716. The first kappa shape index (κ1) is 19.1. The predicted molar refractivity (Wildman–Crippen MR) is 95.2 cm³/mol. The van der Waals surface area contributed by atoms with E-state index in [1.165, 1.54) is 17.7 Å². The lowest BCUT2D eigenvalue weighted by molar-refractivity contribution is -0.757. The molecule has 146 valence electrons. The molecule has 9 nitrogen and oxygen atoms in total. The maximum absolute atomic E-state index is 12.5. The van der Waals surface area contributed by atoms with E-state index in [2.05, 4.69) is 9.74 Å². The molecule has 2 amide bonds. The smallest absolute Gasteiger partial charge is 0.294 e. The molecule has 1 saturated heterocycles. The normalized spacial score (nSPS) is 16.7. The van der Waals surface area contributed by atoms with Crippen LogP contribution in [0, 0.1) is 10.1 Å². The summed E-state index contributed by atoms with van der Waals surface area (Å²) in [4.78, 5) is 42.8. The number of imide groups is 1. The van der Waals surface area contributed by atoms with Gasteiger partial charge in [-0.05, 0) is 57.0 Å². The topological polar surface area (TPSA) is 102 Å². The molecule has 9 heteroatoms. The van der Waals surface area contributed by atoms with Crippen molar-refractivity contribution in [2.75, 3.05) is 39.4 Å². The number of carbonyl (C=O) groups is 2. The Kier molecular flexibility index (Phi) is 6.23. The highest BCUT2D eigenvalue weighted by Crippen LogP contribution is 2.27. The molecule has 2 aliphatic rings. The van der Waals surface area contributed by atoms with Gasteiger partial charge in [0, 0.05) is 13.1 Å². The first-order valence-electron chi connectivity index (χ1n) is 9.19. The zero-order chi connectivity index (χ0) is 19.2. The van der Waals surface area contributed by atoms with E-state index in [4.69, 9.17) is 4.74 Å². The SMILES string of the molecule is O=C1c2ccc(OCCN3CCCC3)cc2C(=O)N1CCCCO[N+](=O)[O-]. The number of amides is 2. The van der Waals surface area contributed by atoms with E-state index in [0.717, 1.165) is 19.6 Å². The number of likely N-dealkylation sites (tertiary alicyclic amines) is 1. The highest BCUT2D eigenvalue weighted by molar-refractivity contribution is 6.21. The maximum Gasteiger partial charge on any atom is 0.294 e. The molecule has 2 aliphatic heterocycles. The molecule has 0 saturated carbocycles. The number of unbranched alkanes of at least 4 members (excludes halogenated alkanes) is 1. The van der Waals surface area contributed by atoms with Crippen molar-refractivity contribution in [3.63, 3.8) is 0 Å². The van der Waals surface area contributed by atoms with Crippen molar-refractivity contribution in [1.29, 1.82) is 0 Å². The summed E-state index contributed by atoms with van der Waals surface area (Å²) in [7, 11) is 0. The third-order valence-electron chi connectivity index (χ3n) is 4.79. The van der Waals surface area contributed by atoms with Gasteiger partial charge in [0.25, 0.3) is 16.9 Å². The van der Waals surface area contributed by atoms with Crippen LogP contribution in [-0.2, 0) is 4.84 Å². The van der Waals surface area contributed by atoms with Gasteiger partial charge in [-0.3, -0.25) is 19.4 Å². The molecule has 0 N–H and O–H groups in total. The van der Waals surface area contributed by atoms with Crippen LogP contribution in [0.3, 0.4) is 0 Å². The Labute approximate surface area is 156 Å². The number of fused-ring (bicyclic) bond motifs is 1. The fraction of sp³-hybridized carbons (Fsp3) is 0.556. The summed E-state index contributed by atoms with van der Waals surface area (Å²) in [6, 6.07) is 4.95. The van der Waals surface area contributed by atoms with E-state index >= 15 is 0 Å². The number of nitrogens with zero attached hydrogens (tertiary/aromatic N) is 3. The third kappa shape index (κ3) is 4.73. The zero-order valence-electron chi connectivity index (χ0n) is 15.1. The van der Waals surface area contributed by atoms with Gasteiger partial charge in [0.2, 0.25) is 0 Å². The lowest BCUT2D eigenvalue weighted by Crippen LogP contribution is -2.30. The minimum atomic E-state index is -0.854. The molecule has 0 radical (unpaired) electrons. The highest BCUT2D eigenvalue weighted by Gasteiger charge is 2.35. The fourth-order valence-electron chi connectivity index (χ4n) is 3.37. The Bertz CT molecular complexity index is 717. The molecule has 0 bridgehead atoms. The summed E-state index contributed by atoms with van der Waals surface area (Å²) < 4.78 is 5.74. The van der Waals surface area contributed by atoms with Crippen molar-refractivity contribution in [1.82, 2.24) is 9.80 Å². The van der Waals surface area contributed by atoms with E-state index in [0.29, 0.717) is 36.3 Å². The second-order valence-electron chi connectivity index (χ2n) is 6.63. The van der Waals surface area contributed by atoms with Gasteiger partial charge in [-0.25, -0.2) is 0 Å². The summed E-state index contributed by atoms with van der Waals surface area (Å²) in [5.74, 6) is -0.112. The number of ether oxygens (including phenoxy) is 1. The number of carbonyl (C=O) groups excluding carboxylic acids is 2. The van der Waals surface area contributed by atoms with Crippen LogP contribution in [0.2, 0.25) is 0 Å². The Morgan fingerprint density at radius 1 is 1.00 bits per heavy atom. The fourth-order valence-corrected chi connectivity index (χ4v) is 3.37. The maximum atomic E-state index is 12.5. The van der Waals surface area contributed by atoms with Crippen molar-refractivity contribution in [3.05, 3.63) is 39.4 Å². The molecule has 0 atom stereocenters. The van der Waals surface area contributed by atoms with Crippen molar-refractivity contribution in [2.45, 2.75) is 25.7 Å². The van der Waals surface area contributed by atoms with Crippen LogP contribution < -0.4 is 4.74 Å². The Morgan fingerprint density at radius 3 is 2.48 bits per heavy atom.